The number of urea groups is 1. The minimum atomic E-state index is -0.300. The maximum absolute atomic E-state index is 12.3. The average Bonchev–Trinajstić information content (AvgIpc) is 3.03. The second kappa shape index (κ2) is 8.58. The lowest BCUT2D eigenvalue weighted by Crippen LogP contribution is -2.39. The van der Waals surface area contributed by atoms with Gasteiger partial charge in [-0.1, -0.05) is 19.1 Å². The first-order valence-corrected chi connectivity index (χ1v) is 9.28. The number of hydrogen-bond acceptors (Lipinski definition) is 3. The van der Waals surface area contributed by atoms with Gasteiger partial charge in [0, 0.05) is 24.3 Å². The Balaban J connectivity index is 1.55. The quantitative estimate of drug-likeness (QED) is 0.820. The number of benzene rings is 2. The van der Waals surface area contributed by atoms with Gasteiger partial charge >= 0.3 is 6.03 Å². The van der Waals surface area contributed by atoms with Crippen LogP contribution in [0, 0.1) is 0 Å². The average molecular weight is 367 g/mol. The molecule has 1 aliphatic heterocycles. The normalized spacial score (nSPS) is 16.3. The van der Waals surface area contributed by atoms with Crippen LogP contribution in [0.1, 0.15) is 25.8 Å². The number of carbonyl (C=O) groups excluding carboxylic acids is 2. The van der Waals surface area contributed by atoms with E-state index in [2.05, 4.69) is 17.6 Å². The number of anilines is 2. The van der Waals surface area contributed by atoms with Gasteiger partial charge in [-0.3, -0.25) is 4.79 Å². The Hall–Kier alpha value is -3.02. The summed E-state index contributed by atoms with van der Waals surface area (Å²) in [5.41, 5.74) is 2.76. The van der Waals surface area contributed by atoms with Crippen molar-refractivity contribution < 1.29 is 14.3 Å². The van der Waals surface area contributed by atoms with Crippen molar-refractivity contribution in [2.45, 2.75) is 32.7 Å². The molecule has 1 atom stereocenters. The second-order valence-electron chi connectivity index (χ2n) is 6.48. The van der Waals surface area contributed by atoms with Crippen LogP contribution in [-0.4, -0.2) is 31.1 Å². The molecule has 1 heterocycles. The SMILES string of the molecule is CCOc1ccc(N2C[C@H](NC(=O)Nc3ccc(CC)cc3)CC2=O)cc1. The maximum Gasteiger partial charge on any atom is 0.319 e. The van der Waals surface area contributed by atoms with Gasteiger partial charge < -0.3 is 20.3 Å². The molecule has 2 aromatic carbocycles. The first kappa shape index (κ1) is 18.8. The largest absolute Gasteiger partial charge is 0.494 e. The van der Waals surface area contributed by atoms with E-state index in [1.807, 2.05) is 55.5 Å². The molecule has 2 N–H and O–H groups in total. The molecular weight excluding hydrogens is 342 g/mol. The van der Waals surface area contributed by atoms with Crippen LogP contribution in [0.3, 0.4) is 0 Å². The van der Waals surface area contributed by atoms with E-state index >= 15 is 0 Å². The third-order valence-corrected chi connectivity index (χ3v) is 4.54. The fourth-order valence-electron chi connectivity index (χ4n) is 3.12. The summed E-state index contributed by atoms with van der Waals surface area (Å²) in [6, 6.07) is 14.6. The smallest absolute Gasteiger partial charge is 0.319 e. The van der Waals surface area contributed by atoms with Gasteiger partial charge in [0.2, 0.25) is 5.91 Å². The highest BCUT2D eigenvalue weighted by Gasteiger charge is 2.31. The molecule has 0 radical (unpaired) electrons. The monoisotopic (exact) mass is 367 g/mol. The Kier molecular flexibility index (Phi) is 5.96. The van der Waals surface area contributed by atoms with E-state index in [0.717, 1.165) is 23.5 Å². The molecule has 3 rings (SSSR count). The van der Waals surface area contributed by atoms with Gasteiger partial charge in [-0.15, -0.1) is 0 Å². The van der Waals surface area contributed by atoms with E-state index in [1.165, 1.54) is 5.56 Å². The van der Waals surface area contributed by atoms with Gasteiger partial charge in [0.1, 0.15) is 5.75 Å². The van der Waals surface area contributed by atoms with Gasteiger partial charge in [0.15, 0.2) is 0 Å². The van der Waals surface area contributed by atoms with Crippen LogP contribution in [0.4, 0.5) is 16.2 Å². The molecule has 1 aliphatic rings. The zero-order valence-electron chi connectivity index (χ0n) is 15.7. The van der Waals surface area contributed by atoms with Crippen LogP contribution in [0.15, 0.2) is 48.5 Å². The third-order valence-electron chi connectivity index (χ3n) is 4.54. The molecule has 0 unspecified atom stereocenters. The lowest BCUT2D eigenvalue weighted by molar-refractivity contribution is -0.117. The van der Waals surface area contributed by atoms with E-state index in [0.29, 0.717) is 13.2 Å². The number of nitrogens with one attached hydrogen (secondary N) is 2. The Labute approximate surface area is 159 Å². The van der Waals surface area contributed by atoms with Crippen LogP contribution in [0.5, 0.6) is 5.75 Å². The van der Waals surface area contributed by atoms with E-state index in [-0.39, 0.29) is 24.4 Å². The molecule has 27 heavy (non-hydrogen) atoms. The second-order valence-corrected chi connectivity index (χ2v) is 6.48. The summed E-state index contributed by atoms with van der Waals surface area (Å²) >= 11 is 0. The fourth-order valence-corrected chi connectivity index (χ4v) is 3.12. The van der Waals surface area contributed by atoms with Crippen molar-refractivity contribution >= 4 is 23.3 Å². The molecule has 0 spiro atoms. The molecule has 6 heteroatoms. The van der Waals surface area contributed by atoms with Gasteiger partial charge in [-0.25, -0.2) is 4.79 Å². The zero-order valence-corrected chi connectivity index (χ0v) is 15.7. The number of aryl methyl sites for hydroxylation is 1. The van der Waals surface area contributed by atoms with Crippen molar-refractivity contribution in [3.05, 3.63) is 54.1 Å². The lowest BCUT2D eigenvalue weighted by atomic mass is 10.1. The minimum Gasteiger partial charge on any atom is -0.494 e. The molecule has 0 bridgehead atoms. The summed E-state index contributed by atoms with van der Waals surface area (Å²) in [4.78, 5) is 26.2. The van der Waals surface area contributed by atoms with Gasteiger partial charge in [0.05, 0.1) is 12.6 Å². The van der Waals surface area contributed by atoms with Crippen molar-refractivity contribution in [2.75, 3.05) is 23.4 Å². The summed E-state index contributed by atoms with van der Waals surface area (Å²) in [6.07, 6.45) is 1.24. The first-order valence-electron chi connectivity index (χ1n) is 9.28. The minimum absolute atomic E-state index is 0.00300. The molecular formula is C21H25N3O3. The molecule has 2 aromatic rings. The van der Waals surface area contributed by atoms with E-state index < -0.39 is 0 Å². The molecule has 142 valence electrons. The number of amides is 3. The molecule has 0 saturated carbocycles. The number of nitrogens with zero attached hydrogens (tertiary/aromatic N) is 1. The van der Waals surface area contributed by atoms with Crippen LogP contribution >= 0.6 is 0 Å². The van der Waals surface area contributed by atoms with Crippen LogP contribution in [0.25, 0.3) is 0 Å². The predicted octanol–water partition coefficient (Wildman–Crippen LogP) is 3.57. The molecule has 1 fully saturated rings. The Bertz CT molecular complexity index is 787. The van der Waals surface area contributed by atoms with Crippen molar-refractivity contribution in [3.8, 4) is 5.75 Å². The maximum atomic E-state index is 12.3. The van der Waals surface area contributed by atoms with Crippen LogP contribution in [0.2, 0.25) is 0 Å². The molecule has 3 amide bonds. The number of rotatable bonds is 6. The molecule has 1 saturated heterocycles. The van der Waals surface area contributed by atoms with Gasteiger partial charge in [0.25, 0.3) is 0 Å². The topological polar surface area (TPSA) is 70.7 Å². The fraction of sp³-hybridized carbons (Fsp3) is 0.333. The van der Waals surface area contributed by atoms with Crippen molar-refractivity contribution in [2.24, 2.45) is 0 Å². The summed E-state index contributed by atoms with van der Waals surface area (Å²) in [5.74, 6) is 0.771. The highest BCUT2D eigenvalue weighted by Crippen LogP contribution is 2.24. The van der Waals surface area contributed by atoms with Crippen molar-refractivity contribution in [3.63, 3.8) is 0 Å². The number of carbonyl (C=O) groups is 2. The predicted molar refractivity (Wildman–Crippen MR) is 106 cm³/mol. The standard InChI is InChI=1S/C21H25N3O3/c1-3-15-5-7-16(8-6-15)22-21(26)23-17-13-20(25)24(14-17)18-9-11-19(12-10-18)27-4-2/h5-12,17H,3-4,13-14H2,1-2H3,(H2,22,23,26)/t17-/m1/s1. The van der Waals surface area contributed by atoms with Crippen LogP contribution in [-0.2, 0) is 11.2 Å². The first-order chi connectivity index (χ1) is 13.1. The highest BCUT2D eigenvalue weighted by molar-refractivity contribution is 5.97. The van der Waals surface area contributed by atoms with Gasteiger partial charge in [-0.05, 0) is 55.3 Å². The van der Waals surface area contributed by atoms with Gasteiger partial charge in [-0.2, -0.15) is 0 Å². The van der Waals surface area contributed by atoms with E-state index in [9.17, 15) is 9.59 Å². The van der Waals surface area contributed by atoms with E-state index in [4.69, 9.17) is 4.74 Å². The third kappa shape index (κ3) is 4.78. The molecule has 0 aromatic heterocycles. The summed E-state index contributed by atoms with van der Waals surface area (Å²) in [5, 5.41) is 5.70. The Morgan fingerprint density at radius 3 is 2.44 bits per heavy atom. The summed E-state index contributed by atoms with van der Waals surface area (Å²) in [6.45, 7) is 5.07. The summed E-state index contributed by atoms with van der Waals surface area (Å²) < 4.78 is 5.43. The Morgan fingerprint density at radius 1 is 1.11 bits per heavy atom. The van der Waals surface area contributed by atoms with E-state index in [1.54, 1.807) is 4.90 Å². The van der Waals surface area contributed by atoms with Crippen molar-refractivity contribution in [1.82, 2.24) is 5.32 Å². The summed E-state index contributed by atoms with van der Waals surface area (Å²) in [7, 11) is 0. The van der Waals surface area contributed by atoms with Crippen molar-refractivity contribution in [1.29, 1.82) is 0 Å². The lowest BCUT2D eigenvalue weighted by Gasteiger charge is -2.18. The highest BCUT2D eigenvalue weighted by atomic mass is 16.5. The number of hydrogen-bond donors (Lipinski definition) is 2. The Morgan fingerprint density at radius 2 is 1.81 bits per heavy atom. The van der Waals surface area contributed by atoms with Crippen LogP contribution < -0.4 is 20.3 Å². The number of ether oxygens (including phenoxy) is 1. The zero-order chi connectivity index (χ0) is 19.2. The molecule has 6 nitrogen and oxygen atoms in total. The molecule has 0 aliphatic carbocycles.